The lowest BCUT2D eigenvalue weighted by Gasteiger charge is -2.25. The Kier molecular flexibility index (Phi) is 13.4. The number of benzene rings is 1. The van der Waals surface area contributed by atoms with Gasteiger partial charge in [0.15, 0.2) is 5.96 Å². The number of hydrogen-bond donors (Lipinski definition) is 9. The number of H-pyrrole nitrogens is 1. The van der Waals surface area contributed by atoms with Crippen molar-refractivity contribution in [3.63, 3.8) is 0 Å². The van der Waals surface area contributed by atoms with Crippen molar-refractivity contribution in [3.8, 4) is 0 Å². The quantitative estimate of drug-likeness (QED) is 0.0521. The first-order chi connectivity index (χ1) is 20.0. The number of carboxylic acid groups (broad SMARTS) is 2. The lowest BCUT2D eigenvalue weighted by atomic mass is 10.0. The number of nitrogens with two attached hydrogens (primary N) is 3. The second-order valence-electron chi connectivity index (χ2n) is 9.48. The molecule has 1 heterocycles. The predicted octanol–water partition coefficient (Wildman–Crippen LogP) is -2.02. The molecule has 228 valence electrons. The number of nitrogens with zero attached hydrogens (tertiary/aromatic N) is 2. The molecule has 0 saturated heterocycles. The summed E-state index contributed by atoms with van der Waals surface area (Å²) < 4.78 is 0. The molecule has 2 rings (SSSR count). The Bertz CT molecular complexity index is 1220. The van der Waals surface area contributed by atoms with Crippen molar-refractivity contribution in [3.05, 3.63) is 54.1 Å². The van der Waals surface area contributed by atoms with Gasteiger partial charge in [-0.15, -0.1) is 0 Å². The van der Waals surface area contributed by atoms with Gasteiger partial charge in [0.1, 0.15) is 18.1 Å². The Balaban J connectivity index is 2.23. The monoisotopic (exact) mass is 587 g/mol. The molecular weight excluding hydrogens is 550 g/mol. The summed E-state index contributed by atoms with van der Waals surface area (Å²) in [5.41, 5.74) is 17.7. The highest BCUT2D eigenvalue weighted by Gasteiger charge is 2.30. The normalized spacial score (nSPS) is 13.5. The van der Waals surface area contributed by atoms with Gasteiger partial charge in [0.05, 0.1) is 12.4 Å². The van der Waals surface area contributed by atoms with Gasteiger partial charge in [0.2, 0.25) is 17.7 Å². The van der Waals surface area contributed by atoms with E-state index in [0.717, 1.165) is 0 Å². The number of carboxylic acids is 2. The number of guanidine groups is 1. The number of hydrogen-bond acceptors (Lipinski definition) is 8. The smallest absolute Gasteiger partial charge is 0.326 e. The van der Waals surface area contributed by atoms with E-state index in [1.807, 2.05) is 0 Å². The zero-order chi connectivity index (χ0) is 31.1. The molecule has 0 aliphatic carbocycles. The van der Waals surface area contributed by atoms with E-state index in [0.29, 0.717) is 11.3 Å². The van der Waals surface area contributed by atoms with E-state index in [1.165, 1.54) is 12.5 Å². The van der Waals surface area contributed by atoms with Crippen LogP contribution >= 0.6 is 0 Å². The third-order valence-corrected chi connectivity index (χ3v) is 6.09. The highest BCUT2D eigenvalue weighted by molar-refractivity contribution is 5.94. The molecule has 16 nitrogen and oxygen atoms in total. The first-order valence-corrected chi connectivity index (χ1v) is 13.1. The largest absolute Gasteiger partial charge is 0.481 e. The molecule has 1 aromatic carbocycles. The SMILES string of the molecule is NC(N)=NCCC[C@H](NC(=O)[C@H](Cc1ccccc1)NC(=O)[C@@H](N)CCC(=O)O)C(=O)N[C@@H](Cc1cnc[nH]1)C(=O)O. The number of nitrogens with one attached hydrogen (secondary N) is 4. The molecule has 16 heteroatoms. The molecule has 0 aliphatic heterocycles. The highest BCUT2D eigenvalue weighted by Crippen LogP contribution is 2.08. The summed E-state index contributed by atoms with van der Waals surface area (Å²) in [5.74, 6) is -4.84. The second-order valence-corrected chi connectivity index (χ2v) is 9.48. The maximum absolute atomic E-state index is 13.5. The van der Waals surface area contributed by atoms with Crippen LogP contribution in [0.5, 0.6) is 0 Å². The first kappa shape index (κ1) is 33.2. The van der Waals surface area contributed by atoms with Crippen molar-refractivity contribution in [1.82, 2.24) is 25.9 Å². The van der Waals surface area contributed by atoms with Crippen LogP contribution in [0.2, 0.25) is 0 Å². The number of rotatable bonds is 18. The fraction of sp³-hybridized carbons (Fsp3) is 0.423. The Labute approximate surface area is 241 Å². The molecule has 0 unspecified atom stereocenters. The molecule has 12 N–H and O–H groups in total. The van der Waals surface area contributed by atoms with Crippen molar-refractivity contribution in [2.24, 2.45) is 22.2 Å². The van der Waals surface area contributed by atoms with Crippen molar-refractivity contribution in [2.45, 2.75) is 62.7 Å². The van der Waals surface area contributed by atoms with Gasteiger partial charge in [-0.2, -0.15) is 0 Å². The minimum atomic E-state index is -1.33. The van der Waals surface area contributed by atoms with Crippen LogP contribution in [-0.4, -0.2) is 86.5 Å². The number of carbonyl (C=O) groups is 5. The van der Waals surface area contributed by atoms with E-state index in [9.17, 15) is 29.1 Å². The standard InChI is InChI=1S/C26H37N9O7/c27-17(8-9-21(36)37)22(38)34-19(11-15-5-2-1-3-6-15)24(40)33-18(7-4-10-31-26(28)29)23(39)35-20(25(41)42)12-16-13-30-14-32-16/h1-3,5-6,13-14,17-20H,4,7-12,27H2,(H,30,32)(H,33,40)(H,34,38)(H,35,39)(H,36,37)(H,41,42)(H4,28,29,31)/t17-,18-,19-,20-/m0/s1. The van der Waals surface area contributed by atoms with Crippen molar-refractivity contribution in [2.75, 3.05) is 6.54 Å². The van der Waals surface area contributed by atoms with Gasteiger partial charge in [-0.3, -0.25) is 24.2 Å². The van der Waals surface area contributed by atoms with Crippen molar-refractivity contribution >= 4 is 35.6 Å². The molecular formula is C26H37N9O7. The van der Waals surface area contributed by atoms with Crippen LogP contribution in [0.4, 0.5) is 0 Å². The zero-order valence-electron chi connectivity index (χ0n) is 22.9. The van der Waals surface area contributed by atoms with E-state index in [4.69, 9.17) is 22.3 Å². The Morgan fingerprint density at radius 2 is 1.52 bits per heavy atom. The summed E-state index contributed by atoms with van der Waals surface area (Å²) in [7, 11) is 0. The van der Waals surface area contributed by atoms with Gasteiger partial charge in [0, 0.05) is 37.7 Å². The third kappa shape index (κ3) is 12.0. The Hall–Kier alpha value is -4.99. The topological polar surface area (TPSA) is 281 Å². The van der Waals surface area contributed by atoms with E-state index in [-0.39, 0.29) is 51.0 Å². The maximum Gasteiger partial charge on any atom is 0.326 e. The van der Waals surface area contributed by atoms with Crippen LogP contribution in [0.25, 0.3) is 0 Å². The lowest BCUT2D eigenvalue weighted by molar-refractivity contribution is -0.142. The van der Waals surface area contributed by atoms with Gasteiger partial charge >= 0.3 is 11.9 Å². The molecule has 4 atom stereocenters. The summed E-state index contributed by atoms with van der Waals surface area (Å²) in [4.78, 5) is 72.7. The molecule has 0 bridgehead atoms. The Morgan fingerprint density at radius 3 is 2.12 bits per heavy atom. The molecule has 0 radical (unpaired) electrons. The number of imidazole rings is 1. The summed E-state index contributed by atoms with van der Waals surface area (Å²) in [6, 6.07) is 3.82. The van der Waals surface area contributed by atoms with E-state index < -0.39 is 53.8 Å². The number of aromatic nitrogens is 2. The van der Waals surface area contributed by atoms with Crippen molar-refractivity contribution < 1.29 is 34.2 Å². The van der Waals surface area contributed by atoms with Crippen LogP contribution in [0.3, 0.4) is 0 Å². The minimum Gasteiger partial charge on any atom is -0.481 e. The van der Waals surface area contributed by atoms with E-state index >= 15 is 0 Å². The summed E-state index contributed by atoms with van der Waals surface area (Å²) >= 11 is 0. The maximum atomic E-state index is 13.5. The molecule has 42 heavy (non-hydrogen) atoms. The molecule has 1 aromatic heterocycles. The lowest BCUT2D eigenvalue weighted by Crippen LogP contribution is -2.57. The number of aliphatic imine (C=N–C) groups is 1. The van der Waals surface area contributed by atoms with Gasteiger partial charge in [-0.05, 0) is 24.8 Å². The fourth-order valence-corrected chi connectivity index (χ4v) is 3.88. The molecule has 2 aromatic rings. The molecule has 0 aliphatic rings. The van der Waals surface area contributed by atoms with Crippen LogP contribution in [0.15, 0.2) is 47.8 Å². The number of aliphatic carboxylic acids is 2. The third-order valence-electron chi connectivity index (χ3n) is 6.09. The average Bonchev–Trinajstić information content (AvgIpc) is 3.46. The first-order valence-electron chi connectivity index (χ1n) is 13.1. The molecule has 0 saturated carbocycles. The fourth-order valence-electron chi connectivity index (χ4n) is 3.88. The molecule has 0 spiro atoms. The van der Waals surface area contributed by atoms with Crippen LogP contribution in [0, 0.1) is 0 Å². The second kappa shape index (κ2) is 17.0. The van der Waals surface area contributed by atoms with Crippen molar-refractivity contribution in [1.29, 1.82) is 0 Å². The van der Waals surface area contributed by atoms with Gasteiger partial charge in [0.25, 0.3) is 0 Å². The Morgan fingerprint density at radius 1 is 0.881 bits per heavy atom. The van der Waals surface area contributed by atoms with Gasteiger partial charge in [-0.1, -0.05) is 30.3 Å². The summed E-state index contributed by atoms with van der Waals surface area (Å²) in [5, 5.41) is 26.1. The summed E-state index contributed by atoms with van der Waals surface area (Å²) in [6.07, 6.45) is 2.54. The van der Waals surface area contributed by atoms with Gasteiger partial charge in [-0.25, -0.2) is 9.78 Å². The zero-order valence-corrected chi connectivity index (χ0v) is 22.9. The predicted molar refractivity (Wildman–Crippen MR) is 151 cm³/mol. The van der Waals surface area contributed by atoms with Crippen LogP contribution < -0.4 is 33.2 Å². The van der Waals surface area contributed by atoms with E-state index in [2.05, 4.69) is 30.9 Å². The minimum absolute atomic E-state index is 0.0317. The number of carbonyl (C=O) groups excluding carboxylic acids is 3. The molecule has 3 amide bonds. The van der Waals surface area contributed by atoms with Crippen LogP contribution in [-0.2, 0) is 36.8 Å². The number of aromatic amines is 1. The average molecular weight is 588 g/mol. The van der Waals surface area contributed by atoms with Crippen LogP contribution in [0.1, 0.15) is 36.9 Å². The number of amides is 3. The highest BCUT2D eigenvalue weighted by atomic mass is 16.4. The summed E-state index contributed by atoms with van der Waals surface area (Å²) in [6.45, 7) is 0.140. The van der Waals surface area contributed by atoms with E-state index in [1.54, 1.807) is 30.3 Å². The van der Waals surface area contributed by atoms with Gasteiger partial charge < -0.3 is 48.3 Å². The molecule has 0 fully saturated rings.